The lowest BCUT2D eigenvalue weighted by molar-refractivity contribution is 0.0938. The third-order valence-corrected chi connectivity index (χ3v) is 3.90. The van der Waals surface area contributed by atoms with Gasteiger partial charge in [0.05, 0.1) is 5.69 Å². The van der Waals surface area contributed by atoms with Crippen molar-refractivity contribution in [3.05, 3.63) is 60.0 Å². The van der Waals surface area contributed by atoms with E-state index >= 15 is 0 Å². The van der Waals surface area contributed by atoms with Crippen molar-refractivity contribution in [2.24, 2.45) is 0 Å². The van der Waals surface area contributed by atoms with Gasteiger partial charge < -0.3 is 15.6 Å². The summed E-state index contributed by atoms with van der Waals surface area (Å²) in [4.78, 5) is 24.3. The minimum Gasteiger partial charge on any atom is -0.357 e. The van der Waals surface area contributed by atoms with Crippen molar-refractivity contribution in [1.29, 1.82) is 0 Å². The summed E-state index contributed by atoms with van der Waals surface area (Å²) < 4.78 is 0. The minimum absolute atomic E-state index is 0.0844. The minimum atomic E-state index is -0.124. The Kier molecular flexibility index (Phi) is 5.31. The van der Waals surface area contributed by atoms with Crippen LogP contribution in [0.25, 0.3) is 11.3 Å². The number of hydrogen-bond donors (Lipinski definition) is 3. The molecule has 0 spiro atoms. The number of aromatic nitrogens is 3. The Hall–Kier alpha value is -3.15. The molecular weight excluding hydrogens is 326 g/mol. The molecule has 3 aromatic rings. The molecule has 0 aliphatic heterocycles. The van der Waals surface area contributed by atoms with E-state index in [9.17, 15) is 4.79 Å². The van der Waals surface area contributed by atoms with E-state index in [1.807, 2.05) is 62.6 Å². The largest absolute Gasteiger partial charge is 0.357 e. The number of carbonyl (C=O) groups excluding carboxylic acids is 1. The second kappa shape index (κ2) is 7.82. The number of nitrogens with zero attached hydrogens (tertiary/aromatic N) is 2. The number of rotatable bonds is 6. The van der Waals surface area contributed by atoms with E-state index in [1.54, 1.807) is 0 Å². The fourth-order valence-corrected chi connectivity index (χ4v) is 2.63. The van der Waals surface area contributed by atoms with Gasteiger partial charge in [-0.05, 0) is 44.0 Å². The number of benzene rings is 1. The van der Waals surface area contributed by atoms with E-state index in [0.29, 0.717) is 11.6 Å². The highest BCUT2D eigenvalue weighted by Crippen LogP contribution is 2.25. The van der Waals surface area contributed by atoms with Gasteiger partial charge in [-0.15, -0.1) is 0 Å². The lowest BCUT2D eigenvalue weighted by Gasteiger charge is -2.09. The van der Waals surface area contributed by atoms with Crippen LogP contribution in [0, 0.1) is 0 Å². The Labute approximate surface area is 153 Å². The number of amides is 1. The lowest BCUT2D eigenvalue weighted by atomic mass is 10.1. The van der Waals surface area contributed by atoms with Crippen molar-refractivity contribution in [1.82, 2.24) is 20.3 Å². The maximum absolute atomic E-state index is 12.2. The van der Waals surface area contributed by atoms with Crippen LogP contribution < -0.4 is 10.6 Å². The number of nitrogens with one attached hydrogen (secondary N) is 3. The Morgan fingerprint density at radius 1 is 1.23 bits per heavy atom. The highest BCUT2D eigenvalue weighted by molar-refractivity contribution is 5.94. The van der Waals surface area contributed by atoms with Gasteiger partial charge in [0.2, 0.25) is 5.95 Å². The van der Waals surface area contributed by atoms with Crippen molar-refractivity contribution >= 4 is 17.5 Å². The second-order valence-electron chi connectivity index (χ2n) is 6.34. The summed E-state index contributed by atoms with van der Waals surface area (Å²) in [6.07, 6.45) is 4.44. The molecule has 6 nitrogen and oxygen atoms in total. The fraction of sp³-hybridized carbons (Fsp3) is 0.250. The third-order valence-electron chi connectivity index (χ3n) is 3.90. The number of carbonyl (C=O) groups is 1. The third kappa shape index (κ3) is 4.08. The molecular formula is C20H23N5O. The summed E-state index contributed by atoms with van der Waals surface area (Å²) in [6, 6.07) is 11.7. The van der Waals surface area contributed by atoms with Crippen molar-refractivity contribution in [2.45, 2.75) is 33.2 Å². The average Bonchev–Trinajstić information content (AvgIpc) is 3.12. The maximum Gasteiger partial charge on any atom is 0.267 e. The van der Waals surface area contributed by atoms with Crippen molar-refractivity contribution in [3.63, 3.8) is 0 Å². The number of hydrogen-bond acceptors (Lipinski definition) is 4. The predicted octanol–water partition coefficient (Wildman–Crippen LogP) is 3.92. The van der Waals surface area contributed by atoms with Gasteiger partial charge in [-0.1, -0.05) is 25.1 Å². The zero-order valence-electron chi connectivity index (χ0n) is 15.2. The predicted molar refractivity (Wildman–Crippen MR) is 104 cm³/mol. The van der Waals surface area contributed by atoms with E-state index in [0.717, 1.165) is 28.9 Å². The molecule has 0 aliphatic carbocycles. The van der Waals surface area contributed by atoms with Gasteiger partial charge in [-0.2, -0.15) is 0 Å². The average molecular weight is 349 g/mol. The van der Waals surface area contributed by atoms with Gasteiger partial charge in [0.1, 0.15) is 5.69 Å². The molecule has 0 unspecified atom stereocenters. The van der Waals surface area contributed by atoms with E-state index in [2.05, 4.69) is 32.5 Å². The molecule has 26 heavy (non-hydrogen) atoms. The molecule has 0 aliphatic rings. The Bertz CT molecular complexity index is 886. The van der Waals surface area contributed by atoms with Crippen molar-refractivity contribution < 1.29 is 4.79 Å². The summed E-state index contributed by atoms with van der Waals surface area (Å²) in [5, 5.41) is 6.09. The molecule has 3 rings (SSSR count). The van der Waals surface area contributed by atoms with E-state index in [4.69, 9.17) is 0 Å². The molecule has 2 aromatic heterocycles. The van der Waals surface area contributed by atoms with Crippen molar-refractivity contribution in [3.8, 4) is 11.3 Å². The van der Waals surface area contributed by atoms with Crippen LogP contribution >= 0.6 is 0 Å². The van der Waals surface area contributed by atoms with Crippen LogP contribution in [0.3, 0.4) is 0 Å². The molecule has 134 valence electrons. The van der Waals surface area contributed by atoms with Crippen molar-refractivity contribution in [2.75, 3.05) is 5.32 Å². The standard InChI is InChI=1S/C20H23N5O/c1-4-14-11-22-20(24-16-8-6-5-7-9-16)25-18(14)15-10-17(21-12-15)19(26)23-13(2)3/h5-13,21H,4H2,1-3H3,(H,23,26)(H,22,24,25). The molecule has 3 N–H and O–H groups in total. The number of para-hydroxylation sites is 1. The quantitative estimate of drug-likeness (QED) is 0.630. The van der Waals surface area contributed by atoms with Crippen LogP contribution in [0.15, 0.2) is 48.8 Å². The Morgan fingerprint density at radius 2 is 2.00 bits per heavy atom. The molecule has 0 radical (unpaired) electrons. The summed E-state index contributed by atoms with van der Waals surface area (Å²) in [5.74, 6) is 0.402. The number of H-pyrrole nitrogens is 1. The molecule has 0 fully saturated rings. The molecule has 0 saturated heterocycles. The van der Waals surface area contributed by atoms with E-state index in [1.165, 1.54) is 0 Å². The highest BCUT2D eigenvalue weighted by Gasteiger charge is 2.14. The number of aromatic amines is 1. The number of aryl methyl sites for hydroxylation is 1. The van der Waals surface area contributed by atoms with E-state index in [-0.39, 0.29) is 11.9 Å². The molecule has 0 atom stereocenters. The van der Waals surface area contributed by atoms with Crippen LogP contribution in [0.4, 0.5) is 11.6 Å². The second-order valence-corrected chi connectivity index (χ2v) is 6.34. The van der Waals surface area contributed by atoms with Crippen LogP contribution in [-0.4, -0.2) is 26.9 Å². The first kappa shape index (κ1) is 17.7. The Balaban J connectivity index is 1.90. The fourth-order valence-electron chi connectivity index (χ4n) is 2.63. The summed E-state index contributed by atoms with van der Waals surface area (Å²) in [7, 11) is 0. The number of anilines is 2. The van der Waals surface area contributed by atoms with Gasteiger partial charge in [0.25, 0.3) is 5.91 Å². The molecule has 6 heteroatoms. The first-order chi connectivity index (χ1) is 12.6. The van der Waals surface area contributed by atoms with Crippen LogP contribution in [-0.2, 0) is 6.42 Å². The monoisotopic (exact) mass is 349 g/mol. The molecule has 1 aromatic carbocycles. The van der Waals surface area contributed by atoms with Crippen LogP contribution in [0.1, 0.15) is 36.8 Å². The molecule has 0 bridgehead atoms. The highest BCUT2D eigenvalue weighted by atomic mass is 16.1. The summed E-state index contributed by atoms with van der Waals surface area (Å²) >= 11 is 0. The van der Waals surface area contributed by atoms with Crippen LogP contribution in [0.2, 0.25) is 0 Å². The normalized spacial score (nSPS) is 10.8. The van der Waals surface area contributed by atoms with Gasteiger partial charge in [-0.25, -0.2) is 9.97 Å². The smallest absolute Gasteiger partial charge is 0.267 e. The molecule has 2 heterocycles. The van der Waals surface area contributed by atoms with Gasteiger partial charge in [0.15, 0.2) is 0 Å². The van der Waals surface area contributed by atoms with Gasteiger partial charge >= 0.3 is 0 Å². The molecule has 0 saturated carbocycles. The Morgan fingerprint density at radius 3 is 2.69 bits per heavy atom. The van der Waals surface area contributed by atoms with Gasteiger partial charge in [-0.3, -0.25) is 4.79 Å². The first-order valence-corrected chi connectivity index (χ1v) is 8.74. The van der Waals surface area contributed by atoms with Crippen LogP contribution in [0.5, 0.6) is 0 Å². The topological polar surface area (TPSA) is 82.7 Å². The summed E-state index contributed by atoms with van der Waals surface area (Å²) in [6.45, 7) is 5.93. The lowest BCUT2D eigenvalue weighted by Crippen LogP contribution is -2.30. The zero-order valence-corrected chi connectivity index (χ0v) is 15.2. The van der Waals surface area contributed by atoms with Gasteiger partial charge in [0, 0.05) is 29.7 Å². The zero-order chi connectivity index (χ0) is 18.5. The van der Waals surface area contributed by atoms with E-state index < -0.39 is 0 Å². The molecule has 1 amide bonds. The maximum atomic E-state index is 12.2. The summed E-state index contributed by atoms with van der Waals surface area (Å²) in [5.41, 5.74) is 4.16. The SMILES string of the molecule is CCc1cnc(Nc2ccccc2)nc1-c1c[nH]c(C(=O)NC(C)C)c1. The first-order valence-electron chi connectivity index (χ1n) is 8.74.